The molecule has 0 unspecified atom stereocenters. The Morgan fingerprint density at radius 2 is 2.31 bits per heavy atom. The number of pyridine rings is 1. The number of hydrogen-bond acceptors (Lipinski definition) is 4. The van der Waals surface area contributed by atoms with Gasteiger partial charge in [-0.2, -0.15) is 0 Å². The largest absolute Gasteiger partial charge is 0.394 e. The van der Waals surface area contributed by atoms with Gasteiger partial charge in [0.25, 0.3) is 0 Å². The summed E-state index contributed by atoms with van der Waals surface area (Å²) in [5.74, 6) is 0.843. The van der Waals surface area contributed by atoms with E-state index in [1.165, 1.54) is 0 Å². The summed E-state index contributed by atoms with van der Waals surface area (Å²) in [4.78, 5) is 4.08. The number of anilines is 1. The fraction of sp³-hybridized carbons (Fsp3) is 0.444. The molecule has 0 bridgehead atoms. The second-order valence-electron chi connectivity index (χ2n) is 2.48. The molecule has 0 atom stereocenters. The Morgan fingerprint density at radius 1 is 1.38 bits per heavy atom. The van der Waals surface area contributed by atoms with Gasteiger partial charge in [-0.3, -0.25) is 0 Å². The quantitative estimate of drug-likeness (QED) is 0.629. The van der Waals surface area contributed by atoms with Crippen molar-refractivity contribution in [2.45, 2.75) is 0 Å². The molecule has 1 aromatic rings. The van der Waals surface area contributed by atoms with Crippen molar-refractivity contribution in [1.29, 1.82) is 0 Å². The van der Waals surface area contributed by atoms with E-state index >= 15 is 0 Å². The van der Waals surface area contributed by atoms with Crippen LogP contribution in [0.4, 0.5) is 5.82 Å². The zero-order valence-corrected chi connectivity index (χ0v) is 7.44. The van der Waals surface area contributed by atoms with Crippen molar-refractivity contribution in [2.75, 3.05) is 31.7 Å². The number of hydrogen-bond donors (Lipinski definition) is 2. The van der Waals surface area contributed by atoms with Crippen LogP contribution in [-0.2, 0) is 4.74 Å². The first-order chi connectivity index (χ1) is 6.43. The smallest absolute Gasteiger partial charge is 0.125 e. The van der Waals surface area contributed by atoms with Crippen molar-refractivity contribution in [3.63, 3.8) is 0 Å². The summed E-state index contributed by atoms with van der Waals surface area (Å²) >= 11 is 0. The molecule has 1 heterocycles. The zero-order chi connectivity index (χ0) is 9.36. The fourth-order valence-electron chi connectivity index (χ4n) is 0.885. The Morgan fingerprint density at radius 3 is 3.00 bits per heavy atom. The molecule has 4 heteroatoms. The molecule has 0 aliphatic heterocycles. The molecule has 13 heavy (non-hydrogen) atoms. The summed E-state index contributed by atoms with van der Waals surface area (Å²) in [6, 6.07) is 5.68. The lowest BCUT2D eigenvalue weighted by Gasteiger charge is -2.04. The van der Waals surface area contributed by atoms with E-state index < -0.39 is 0 Å². The monoisotopic (exact) mass is 182 g/mol. The van der Waals surface area contributed by atoms with Crippen LogP contribution in [0, 0.1) is 0 Å². The van der Waals surface area contributed by atoms with Crippen LogP contribution in [0.5, 0.6) is 0 Å². The summed E-state index contributed by atoms with van der Waals surface area (Å²) in [6.07, 6.45) is 1.73. The van der Waals surface area contributed by atoms with Crippen molar-refractivity contribution in [2.24, 2.45) is 0 Å². The van der Waals surface area contributed by atoms with Crippen LogP contribution < -0.4 is 5.32 Å². The summed E-state index contributed by atoms with van der Waals surface area (Å²) < 4.78 is 5.06. The van der Waals surface area contributed by atoms with Crippen molar-refractivity contribution in [3.8, 4) is 0 Å². The molecule has 0 spiro atoms. The summed E-state index contributed by atoms with van der Waals surface area (Å²) in [5.41, 5.74) is 0. The van der Waals surface area contributed by atoms with Crippen LogP contribution in [-0.4, -0.2) is 36.5 Å². The third kappa shape index (κ3) is 4.45. The summed E-state index contributed by atoms with van der Waals surface area (Å²) in [5, 5.41) is 11.5. The Kier molecular flexibility index (Phi) is 4.90. The van der Waals surface area contributed by atoms with Gasteiger partial charge in [-0.05, 0) is 12.1 Å². The van der Waals surface area contributed by atoms with Gasteiger partial charge < -0.3 is 15.2 Å². The van der Waals surface area contributed by atoms with Crippen LogP contribution in [0.15, 0.2) is 24.4 Å². The minimum atomic E-state index is 0.0730. The lowest BCUT2D eigenvalue weighted by molar-refractivity contribution is 0.0992. The van der Waals surface area contributed by atoms with E-state index in [0.29, 0.717) is 19.8 Å². The molecule has 0 radical (unpaired) electrons. The summed E-state index contributed by atoms with van der Waals surface area (Å²) in [7, 11) is 0. The minimum absolute atomic E-state index is 0.0730. The summed E-state index contributed by atoms with van der Waals surface area (Å²) in [6.45, 7) is 1.75. The highest BCUT2D eigenvalue weighted by molar-refractivity contribution is 5.32. The number of aromatic nitrogens is 1. The second kappa shape index (κ2) is 6.39. The zero-order valence-electron chi connectivity index (χ0n) is 7.44. The van der Waals surface area contributed by atoms with Gasteiger partial charge in [0, 0.05) is 12.7 Å². The molecule has 0 amide bonds. The fourth-order valence-corrected chi connectivity index (χ4v) is 0.885. The topological polar surface area (TPSA) is 54.4 Å². The van der Waals surface area contributed by atoms with E-state index in [-0.39, 0.29) is 6.61 Å². The van der Waals surface area contributed by atoms with Crippen LogP contribution in [0.3, 0.4) is 0 Å². The Bertz CT molecular complexity index is 216. The standard InChI is InChI=1S/C9H14N2O2/c12-6-8-13-7-5-11-9-3-1-2-4-10-9/h1-4,12H,5-8H2,(H,10,11). The van der Waals surface area contributed by atoms with Crippen molar-refractivity contribution in [3.05, 3.63) is 24.4 Å². The molecular formula is C9H14N2O2. The highest BCUT2D eigenvalue weighted by atomic mass is 16.5. The van der Waals surface area contributed by atoms with Gasteiger partial charge in [0.1, 0.15) is 5.82 Å². The van der Waals surface area contributed by atoms with Gasteiger partial charge in [-0.1, -0.05) is 6.07 Å². The highest BCUT2D eigenvalue weighted by Gasteiger charge is 1.90. The molecule has 2 N–H and O–H groups in total. The van der Waals surface area contributed by atoms with Gasteiger partial charge in [0.2, 0.25) is 0 Å². The van der Waals surface area contributed by atoms with Crippen LogP contribution in [0.1, 0.15) is 0 Å². The minimum Gasteiger partial charge on any atom is -0.394 e. The van der Waals surface area contributed by atoms with Gasteiger partial charge in [0.05, 0.1) is 19.8 Å². The first-order valence-electron chi connectivity index (χ1n) is 4.27. The van der Waals surface area contributed by atoms with Gasteiger partial charge >= 0.3 is 0 Å². The first kappa shape index (κ1) is 9.95. The molecule has 0 aliphatic rings. The third-order valence-corrected chi connectivity index (χ3v) is 1.45. The molecule has 0 aliphatic carbocycles. The maximum absolute atomic E-state index is 8.42. The molecule has 0 fully saturated rings. The Hall–Kier alpha value is -1.13. The number of rotatable bonds is 6. The highest BCUT2D eigenvalue weighted by Crippen LogP contribution is 1.97. The van der Waals surface area contributed by atoms with E-state index in [1.807, 2.05) is 18.2 Å². The van der Waals surface area contributed by atoms with E-state index in [9.17, 15) is 0 Å². The predicted molar refractivity (Wildman–Crippen MR) is 50.6 cm³/mol. The number of ether oxygens (including phenoxy) is 1. The second-order valence-corrected chi connectivity index (χ2v) is 2.48. The molecule has 72 valence electrons. The SMILES string of the molecule is OCCOCCNc1ccccn1. The first-order valence-corrected chi connectivity index (χ1v) is 4.27. The third-order valence-electron chi connectivity index (χ3n) is 1.45. The maximum Gasteiger partial charge on any atom is 0.125 e. The number of aliphatic hydroxyl groups is 1. The van der Waals surface area contributed by atoms with Crippen molar-refractivity contribution >= 4 is 5.82 Å². The average Bonchev–Trinajstić information content (AvgIpc) is 2.19. The number of aliphatic hydroxyl groups excluding tert-OH is 1. The lowest BCUT2D eigenvalue weighted by Crippen LogP contribution is -2.11. The molecule has 4 nitrogen and oxygen atoms in total. The molecule has 1 rings (SSSR count). The van der Waals surface area contributed by atoms with Crippen LogP contribution in [0.2, 0.25) is 0 Å². The molecule has 1 aromatic heterocycles. The van der Waals surface area contributed by atoms with Gasteiger partial charge in [-0.15, -0.1) is 0 Å². The normalized spacial score (nSPS) is 9.92. The van der Waals surface area contributed by atoms with Crippen LogP contribution in [0.25, 0.3) is 0 Å². The predicted octanol–water partition coefficient (Wildman–Crippen LogP) is 0.502. The molecule has 0 aromatic carbocycles. The van der Waals surface area contributed by atoms with E-state index in [0.717, 1.165) is 5.82 Å². The Balaban J connectivity index is 2.07. The van der Waals surface area contributed by atoms with Gasteiger partial charge in [0.15, 0.2) is 0 Å². The number of nitrogens with one attached hydrogen (secondary N) is 1. The van der Waals surface area contributed by atoms with E-state index in [2.05, 4.69) is 10.3 Å². The lowest BCUT2D eigenvalue weighted by atomic mass is 10.4. The van der Waals surface area contributed by atoms with Crippen LogP contribution >= 0.6 is 0 Å². The van der Waals surface area contributed by atoms with Crippen molar-refractivity contribution < 1.29 is 9.84 Å². The van der Waals surface area contributed by atoms with E-state index in [1.54, 1.807) is 6.20 Å². The Labute approximate surface area is 77.6 Å². The molecular weight excluding hydrogens is 168 g/mol. The molecule has 0 saturated heterocycles. The van der Waals surface area contributed by atoms with Crippen molar-refractivity contribution in [1.82, 2.24) is 4.98 Å². The average molecular weight is 182 g/mol. The number of nitrogens with zero attached hydrogens (tertiary/aromatic N) is 1. The van der Waals surface area contributed by atoms with E-state index in [4.69, 9.17) is 9.84 Å². The molecule has 0 saturated carbocycles. The van der Waals surface area contributed by atoms with Gasteiger partial charge in [-0.25, -0.2) is 4.98 Å². The maximum atomic E-state index is 8.42.